The van der Waals surface area contributed by atoms with Gasteiger partial charge in [-0.15, -0.1) is 11.3 Å². The molecule has 0 atom stereocenters. The number of rotatable bonds is 4. The normalized spacial score (nSPS) is 13.0. The molecule has 1 aliphatic heterocycles. The van der Waals surface area contributed by atoms with Crippen molar-refractivity contribution < 1.29 is 14.4 Å². The summed E-state index contributed by atoms with van der Waals surface area (Å²) in [5, 5.41) is 2.69. The minimum absolute atomic E-state index is 0.0395. The molecule has 3 aromatic rings. The molecule has 0 saturated carbocycles. The number of pyridine rings is 1. The molecule has 0 bridgehead atoms. The van der Waals surface area contributed by atoms with E-state index in [1.807, 2.05) is 24.3 Å². The first-order valence-corrected chi connectivity index (χ1v) is 10.4. The molecule has 1 N–H and O–H groups in total. The molecule has 4 rings (SSSR count). The topological polar surface area (TPSA) is 79.4 Å². The Morgan fingerprint density at radius 3 is 2.71 bits per heavy atom. The minimum atomic E-state index is -0.480. The number of carbonyl (C=O) groups excluding carboxylic acids is 3. The first-order chi connectivity index (χ1) is 13.4. The zero-order valence-corrected chi connectivity index (χ0v) is 17.8. The van der Waals surface area contributed by atoms with Crippen LogP contribution < -0.4 is 5.32 Å². The summed E-state index contributed by atoms with van der Waals surface area (Å²) in [6, 6.07) is 12.3. The van der Waals surface area contributed by atoms with Crippen molar-refractivity contribution in [3.63, 3.8) is 0 Å². The lowest BCUT2D eigenvalue weighted by Crippen LogP contribution is -2.29. The molecule has 0 fully saturated rings. The molecular weight excluding hydrogens is 513 g/mol. The van der Waals surface area contributed by atoms with Crippen molar-refractivity contribution in [2.24, 2.45) is 0 Å². The van der Waals surface area contributed by atoms with Gasteiger partial charge in [0.15, 0.2) is 0 Å². The fourth-order valence-corrected chi connectivity index (χ4v) is 4.43. The predicted octanol–water partition coefficient (Wildman–Crippen LogP) is 4.45. The lowest BCUT2D eigenvalue weighted by atomic mass is 10.1. The van der Waals surface area contributed by atoms with Crippen LogP contribution in [0.5, 0.6) is 0 Å². The molecule has 3 heterocycles. The number of nitrogens with zero attached hydrogens (tertiary/aromatic N) is 2. The summed E-state index contributed by atoms with van der Waals surface area (Å²) >= 11 is 9.17. The summed E-state index contributed by atoms with van der Waals surface area (Å²) in [6.07, 6.45) is 1.40. The van der Waals surface area contributed by atoms with Gasteiger partial charge in [0.1, 0.15) is 5.69 Å². The maximum absolute atomic E-state index is 12.9. The van der Waals surface area contributed by atoms with E-state index in [0.29, 0.717) is 9.21 Å². The van der Waals surface area contributed by atoms with Gasteiger partial charge in [0.05, 0.1) is 27.0 Å². The Morgan fingerprint density at radius 1 is 1.18 bits per heavy atom. The zero-order valence-electron chi connectivity index (χ0n) is 14.1. The molecular formula is C19H11ClIN3O3S. The summed E-state index contributed by atoms with van der Waals surface area (Å²) in [6.45, 7) is 0.138. The second-order valence-electron chi connectivity index (χ2n) is 5.97. The highest BCUT2D eigenvalue weighted by atomic mass is 127. The van der Waals surface area contributed by atoms with Gasteiger partial charge in [-0.05, 0) is 58.5 Å². The van der Waals surface area contributed by atoms with Crippen molar-refractivity contribution in [3.05, 3.63) is 78.3 Å². The van der Waals surface area contributed by atoms with Crippen LogP contribution in [0.1, 0.15) is 36.1 Å². The van der Waals surface area contributed by atoms with Crippen molar-refractivity contribution in [3.8, 4) is 0 Å². The lowest BCUT2D eigenvalue weighted by molar-refractivity contribution is 0.0640. The van der Waals surface area contributed by atoms with Crippen molar-refractivity contribution in [2.45, 2.75) is 6.54 Å². The molecule has 0 radical (unpaired) electrons. The fourth-order valence-electron chi connectivity index (χ4n) is 2.88. The third-order valence-corrected chi connectivity index (χ3v) is 6.03. The maximum Gasteiger partial charge on any atom is 0.280 e. The van der Waals surface area contributed by atoms with E-state index in [-0.39, 0.29) is 23.5 Å². The monoisotopic (exact) mass is 523 g/mol. The molecule has 2 aromatic heterocycles. The smallest absolute Gasteiger partial charge is 0.280 e. The molecule has 6 nitrogen and oxygen atoms in total. The van der Waals surface area contributed by atoms with E-state index in [1.54, 1.807) is 12.1 Å². The summed E-state index contributed by atoms with van der Waals surface area (Å²) in [5.74, 6) is -1.36. The molecule has 9 heteroatoms. The van der Waals surface area contributed by atoms with Crippen LogP contribution in [-0.2, 0) is 6.54 Å². The summed E-state index contributed by atoms with van der Waals surface area (Å²) < 4.78 is 1.49. The molecule has 0 aliphatic carbocycles. The standard InChI is InChI=1S/C19H11ClIN3O3S/c20-14-5-4-13(28-14)17(25)23-12-6-7-22-16-15(12)18(26)24(19(16)27)9-10-2-1-3-11(21)8-10/h1-8H,9H2,(H,22,23,25). The molecule has 0 spiro atoms. The number of nitrogens with one attached hydrogen (secondary N) is 1. The van der Waals surface area contributed by atoms with Gasteiger partial charge >= 0.3 is 0 Å². The predicted molar refractivity (Wildman–Crippen MR) is 115 cm³/mol. The average molecular weight is 524 g/mol. The largest absolute Gasteiger partial charge is 0.320 e. The lowest BCUT2D eigenvalue weighted by Gasteiger charge is -2.14. The molecule has 140 valence electrons. The number of anilines is 1. The van der Waals surface area contributed by atoms with Crippen LogP contribution in [0, 0.1) is 3.57 Å². The van der Waals surface area contributed by atoms with E-state index >= 15 is 0 Å². The number of fused-ring (bicyclic) bond motifs is 1. The van der Waals surface area contributed by atoms with E-state index < -0.39 is 17.7 Å². The van der Waals surface area contributed by atoms with E-state index in [2.05, 4.69) is 32.9 Å². The molecule has 0 saturated heterocycles. The number of hydrogen-bond donors (Lipinski definition) is 1. The van der Waals surface area contributed by atoms with Gasteiger partial charge in [-0.1, -0.05) is 23.7 Å². The van der Waals surface area contributed by atoms with E-state index in [9.17, 15) is 14.4 Å². The van der Waals surface area contributed by atoms with Gasteiger partial charge in [-0.2, -0.15) is 0 Å². The van der Waals surface area contributed by atoms with Gasteiger partial charge < -0.3 is 5.32 Å². The van der Waals surface area contributed by atoms with E-state index in [0.717, 1.165) is 25.4 Å². The minimum Gasteiger partial charge on any atom is -0.320 e. The Labute approximate surface area is 182 Å². The van der Waals surface area contributed by atoms with Crippen LogP contribution in [0.25, 0.3) is 0 Å². The SMILES string of the molecule is O=C(Nc1ccnc2c1C(=O)N(Cc1cccc(I)c1)C2=O)c1ccc(Cl)s1. The highest BCUT2D eigenvalue weighted by molar-refractivity contribution is 14.1. The Morgan fingerprint density at radius 2 is 2.00 bits per heavy atom. The van der Waals surface area contributed by atoms with Crippen molar-refractivity contribution in [1.82, 2.24) is 9.88 Å². The first-order valence-electron chi connectivity index (χ1n) is 8.10. The fraction of sp³-hybridized carbons (Fsp3) is 0.0526. The number of amides is 3. The number of imide groups is 1. The van der Waals surface area contributed by atoms with Crippen molar-refractivity contribution in [2.75, 3.05) is 5.32 Å². The Bertz CT molecular complexity index is 1130. The first kappa shape index (κ1) is 19.0. The summed E-state index contributed by atoms with van der Waals surface area (Å²) in [7, 11) is 0. The third kappa shape index (κ3) is 3.54. The Hall–Kier alpha value is -2.30. The zero-order chi connectivity index (χ0) is 19.8. The van der Waals surface area contributed by atoms with Gasteiger partial charge in [0.25, 0.3) is 17.7 Å². The van der Waals surface area contributed by atoms with Crippen LogP contribution in [0.2, 0.25) is 4.34 Å². The quantitative estimate of drug-likeness (QED) is 0.405. The van der Waals surface area contributed by atoms with Gasteiger partial charge in [-0.3, -0.25) is 24.3 Å². The van der Waals surface area contributed by atoms with Crippen molar-refractivity contribution >= 4 is 68.9 Å². The molecule has 3 amide bonds. The van der Waals surface area contributed by atoms with Crippen LogP contribution >= 0.6 is 45.5 Å². The second-order valence-corrected chi connectivity index (χ2v) is 8.93. The van der Waals surface area contributed by atoms with Crippen LogP contribution in [-0.4, -0.2) is 27.6 Å². The average Bonchev–Trinajstić information content (AvgIpc) is 3.20. The summed E-state index contributed by atoms with van der Waals surface area (Å²) in [5.41, 5.74) is 1.23. The number of halogens is 2. The van der Waals surface area contributed by atoms with Crippen molar-refractivity contribution in [1.29, 1.82) is 0 Å². The molecule has 28 heavy (non-hydrogen) atoms. The number of hydrogen-bond acceptors (Lipinski definition) is 5. The highest BCUT2D eigenvalue weighted by Gasteiger charge is 2.39. The highest BCUT2D eigenvalue weighted by Crippen LogP contribution is 2.30. The van der Waals surface area contributed by atoms with E-state index in [1.165, 1.54) is 12.3 Å². The molecule has 1 aliphatic rings. The Balaban J connectivity index is 1.63. The van der Waals surface area contributed by atoms with E-state index in [4.69, 9.17) is 11.6 Å². The van der Waals surface area contributed by atoms with Crippen LogP contribution in [0.3, 0.4) is 0 Å². The van der Waals surface area contributed by atoms with Crippen LogP contribution in [0.15, 0.2) is 48.7 Å². The number of thiophene rings is 1. The van der Waals surface area contributed by atoms with Gasteiger partial charge in [-0.25, -0.2) is 0 Å². The Kier molecular flexibility index (Phi) is 5.17. The second kappa shape index (κ2) is 7.61. The van der Waals surface area contributed by atoms with Crippen LogP contribution in [0.4, 0.5) is 5.69 Å². The van der Waals surface area contributed by atoms with Gasteiger partial charge in [0.2, 0.25) is 0 Å². The molecule has 1 aromatic carbocycles. The van der Waals surface area contributed by atoms with Gasteiger partial charge in [0, 0.05) is 9.77 Å². The third-order valence-electron chi connectivity index (χ3n) is 4.13. The maximum atomic E-state index is 12.9. The molecule has 0 unspecified atom stereocenters. The number of benzene rings is 1. The number of carbonyl (C=O) groups is 3. The summed E-state index contributed by atoms with van der Waals surface area (Å²) in [4.78, 5) is 43.7. The number of aromatic nitrogens is 1.